The lowest BCUT2D eigenvalue weighted by atomic mass is 10.2. The van der Waals surface area contributed by atoms with Gasteiger partial charge in [0.25, 0.3) is 0 Å². The highest BCUT2D eigenvalue weighted by atomic mass is 29.9. The molecule has 0 heterocycles. The van der Waals surface area contributed by atoms with Crippen molar-refractivity contribution in [1.29, 1.82) is 0 Å². The molecule has 2 rings (SSSR count). The number of benzene rings is 2. The maximum absolute atomic E-state index is 2.85. The second-order valence-electron chi connectivity index (χ2n) is 14.7. The van der Waals surface area contributed by atoms with E-state index in [1.54, 1.807) is 10.4 Å². The van der Waals surface area contributed by atoms with Crippen molar-refractivity contribution in [3.63, 3.8) is 0 Å². The molecule has 0 aliphatic heterocycles. The van der Waals surface area contributed by atoms with E-state index >= 15 is 0 Å². The molecule has 0 amide bonds. The zero-order valence-electron chi connectivity index (χ0n) is 24.8. The molecule has 0 fully saturated rings. The molecule has 0 unspecified atom stereocenters. The van der Waals surface area contributed by atoms with Crippen molar-refractivity contribution in [3.05, 3.63) is 60.7 Å². The minimum atomic E-state index is -1.86. The van der Waals surface area contributed by atoms with Crippen molar-refractivity contribution in [1.82, 2.24) is 0 Å². The second kappa shape index (κ2) is 9.64. The van der Waals surface area contributed by atoms with Crippen LogP contribution in [0.1, 0.15) is 83.1 Å². The van der Waals surface area contributed by atoms with Crippen LogP contribution in [-0.2, 0) is 0 Å². The van der Waals surface area contributed by atoms with E-state index in [1.165, 1.54) is 0 Å². The molecule has 0 spiro atoms. The van der Waals surface area contributed by atoms with Crippen LogP contribution in [0.15, 0.2) is 60.7 Å². The monoisotopic (exact) mass is 524 g/mol. The molecule has 4 heteroatoms. The van der Waals surface area contributed by atoms with Gasteiger partial charge in [0.05, 0.1) is 0 Å². The van der Waals surface area contributed by atoms with Crippen LogP contribution in [-0.4, -0.2) is 30.8 Å². The predicted molar refractivity (Wildman–Crippen MR) is 166 cm³/mol. The van der Waals surface area contributed by atoms with Gasteiger partial charge in [-0.05, 0) is 20.2 Å². The van der Waals surface area contributed by atoms with Crippen LogP contribution in [0.25, 0.3) is 0 Å². The summed E-state index contributed by atoms with van der Waals surface area (Å²) >= 11 is 0. The van der Waals surface area contributed by atoms with Gasteiger partial charge in [-0.1, -0.05) is 167 Å². The van der Waals surface area contributed by atoms with Crippen LogP contribution in [0.5, 0.6) is 0 Å². The maximum atomic E-state index is 2.85. The van der Waals surface area contributed by atoms with Crippen LogP contribution in [0.2, 0.25) is 33.2 Å². The van der Waals surface area contributed by atoms with Crippen LogP contribution in [0.3, 0.4) is 0 Å². The molecule has 0 aliphatic rings. The summed E-state index contributed by atoms with van der Waals surface area (Å²) in [7, 11) is -5.48. The summed E-state index contributed by atoms with van der Waals surface area (Å²) in [5, 5.41) is 4.64. The van der Waals surface area contributed by atoms with Crippen LogP contribution < -0.4 is 10.4 Å². The minimum absolute atomic E-state index is 0.337. The second-order valence-corrected chi connectivity index (χ2v) is 44.4. The standard InChI is InChI=1S/C30H52Si4/c1-27(2,3)33(13,28(4,5)6)32(34(14,29(7,8)9)30(10,11)12)31(25-21-17-15-18-22-25)26-23-19-16-20-24-26/h15-24H,1-14H3. The Balaban J connectivity index is 3.18. The van der Waals surface area contributed by atoms with Crippen LogP contribution >= 0.6 is 0 Å². The van der Waals surface area contributed by atoms with E-state index in [-0.39, 0.29) is 0 Å². The van der Waals surface area contributed by atoms with E-state index in [0.29, 0.717) is 20.2 Å². The third-order valence-corrected chi connectivity index (χ3v) is 66.4. The van der Waals surface area contributed by atoms with Gasteiger partial charge in [-0.15, -0.1) is 0 Å². The largest absolute Gasteiger partial charge is 0.104 e. The van der Waals surface area contributed by atoms with E-state index in [9.17, 15) is 0 Å². The quantitative estimate of drug-likeness (QED) is 0.344. The van der Waals surface area contributed by atoms with Crippen molar-refractivity contribution in [2.45, 2.75) is 116 Å². The van der Waals surface area contributed by atoms with Gasteiger partial charge in [-0.25, -0.2) is 0 Å². The van der Waals surface area contributed by atoms with E-state index in [0.717, 1.165) is 0 Å². The van der Waals surface area contributed by atoms with Crippen molar-refractivity contribution in [3.8, 4) is 0 Å². The lowest BCUT2D eigenvalue weighted by molar-refractivity contribution is 0.626. The fourth-order valence-corrected chi connectivity index (χ4v) is 85.8. The zero-order valence-corrected chi connectivity index (χ0v) is 28.8. The molecule has 0 aromatic heterocycles. The Labute approximate surface area is 217 Å². The molecular weight excluding hydrogens is 473 g/mol. The average molecular weight is 525 g/mol. The predicted octanol–water partition coefficient (Wildman–Crippen LogP) is 8.38. The Morgan fingerprint density at radius 3 is 0.882 bits per heavy atom. The molecule has 0 aliphatic carbocycles. The summed E-state index contributed by atoms with van der Waals surface area (Å²) in [5.74, 6) is 0. The minimum Gasteiger partial charge on any atom is -0.0709 e. The van der Waals surface area contributed by atoms with Gasteiger partial charge in [0, 0.05) is 22.5 Å². The molecule has 0 saturated carbocycles. The fraction of sp³-hybridized carbons (Fsp3) is 0.600. The van der Waals surface area contributed by atoms with E-state index in [2.05, 4.69) is 157 Å². The molecule has 0 nitrogen and oxygen atoms in total. The van der Waals surface area contributed by atoms with Gasteiger partial charge in [0.2, 0.25) is 0 Å². The van der Waals surface area contributed by atoms with Gasteiger partial charge in [-0.3, -0.25) is 0 Å². The molecule has 2 radical (unpaired) electrons. The van der Waals surface area contributed by atoms with Crippen LogP contribution in [0.4, 0.5) is 0 Å². The molecule has 188 valence electrons. The number of hydrogen-bond acceptors (Lipinski definition) is 0. The van der Waals surface area contributed by atoms with Gasteiger partial charge in [0.1, 0.15) is 8.31 Å². The Morgan fingerprint density at radius 2 is 0.676 bits per heavy atom. The highest BCUT2D eigenvalue weighted by Gasteiger charge is 2.68. The average Bonchev–Trinajstić information content (AvgIpc) is 2.69. The van der Waals surface area contributed by atoms with Crippen LogP contribution in [0, 0.1) is 0 Å². The Kier molecular flexibility index (Phi) is 8.38. The summed E-state index contributed by atoms with van der Waals surface area (Å²) in [5.41, 5.74) is 0. The lowest BCUT2D eigenvalue weighted by Gasteiger charge is -2.65. The van der Waals surface area contributed by atoms with Crippen molar-refractivity contribution < 1.29 is 0 Å². The SMILES string of the molecule is CC(C)(C)[Si](C)([Si]([Si](c1ccccc1)c1ccccc1)[Si](C)(C(C)(C)C)C(C)(C)C)C(C)(C)C. The van der Waals surface area contributed by atoms with Crippen molar-refractivity contribution in [2.75, 3.05) is 0 Å². The van der Waals surface area contributed by atoms with E-state index in [1.807, 2.05) is 0 Å². The normalized spacial score (nSPS) is 14.7. The smallest absolute Gasteiger partial charge is 0.0709 e. The summed E-state index contributed by atoms with van der Waals surface area (Å²) < 4.78 is 0. The molecule has 0 atom stereocenters. The summed E-state index contributed by atoms with van der Waals surface area (Å²) in [4.78, 5) is 0. The lowest BCUT2D eigenvalue weighted by Crippen LogP contribution is -2.84. The van der Waals surface area contributed by atoms with E-state index < -0.39 is 30.8 Å². The Morgan fingerprint density at radius 1 is 0.441 bits per heavy atom. The third kappa shape index (κ3) is 5.07. The highest BCUT2D eigenvalue weighted by molar-refractivity contribution is 7.83. The summed E-state index contributed by atoms with van der Waals surface area (Å²) in [6.07, 6.45) is 0. The van der Waals surface area contributed by atoms with Gasteiger partial charge < -0.3 is 0 Å². The number of rotatable bonds is 5. The molecule has 0 saturated heterocycles. The van der Waals surface area contributed by atoms with Crippen molar-refractivity contribution in [2.24, 2.45) is 0 Å². The first-order chi connectivity index (χ1) is 15.2. The Bertz CT molecular complexity index is 817. The zero-order chi connectivity index (χ0) is 26.4. The van der Waals surface area contributed by atoms with Gasteiger partial charge in [-0.2, -0.15) is 0 Å². The first kappa shape index (κ1) is 29.5. The van der Waals surface area contributed by atoms with Gasteiger partial charge in [0.15, 0.2) is 0 Å². The fourth-order valence-electron chi connectivity index (χ4n) is 6.41. The topological polar surface area (TPSA) is 0 Å². The summed E-state index contributed by atoms with van der Waals surface area (Å²) in [6.45, 7) is 36.9. The first-order valence-corrected chi connectivity index (χ1v) is 24.1. The summed E-state index contributed by atoms with van der Waals surface area (Å²) in [6, 6.07) is 23.5. The number of hydrogen-bond donors (Lipinski definition) is 0. The first-order valence-electron chi connectivity index (χ1n) is 13.1. The third-order valence-electron chi connectivity index (χ3n) is 9.37. The molecule has 2 aromatic carbocycles. The molecular formula is C30H52Si4. The van der Waals surface area contributed by atoms with E-state index in [4.69, 9.17) is 0 Å². The maximum Gasteiger partial charge on any atom is 0.104 e. The highest BCUT2D eigenvalue weighted by Crippen LogP contribution is 2.60. The molecule has 0 N–H and O–H groups in total. The molecule has 34 heavy (non-hydrogen) atoms. The van der Waals surface area contributed by atoms with Crippen molar-refractivity contribution >= 4 is 41.2 Å². The molecule has 0 bridgehead atoms. The Hall–Kier alpha value is -0.692. The van der Waals surface area contributed by atoms with Gasteiger partial charge >= 0.3 is 0 Å². The molecule has 2 aromatic rings.